The van der Waals surface area contributed by atoms with Crippen molar-refractivity contribution in [3.8, 4) is 6.07 Å². The molecular weight excluding hydrogens is 116 g/mol. The van der Waals surface area contributed by atoms with Crippen LogP contribution in [-0.2, 0) is 4.79 Å². The lowest BCUT2D eigenvalue weighted by Gasteiger charge is -1.87. The molecule has 0 N–H and O–H groups in total. The number of rotatable bonds is 2. The minimum atomic E-state index is -0.775. The van der Waals surface area contributed by atoms with Crippen molar-refractivity contribution < 1.29 is 4.79 Å². The predicted molar refractivity (Wildman–Crippen MR) is 31.3 cm³/mol. The molecule has 0 rings (SSSR count). The van der Waals surface area contributed by atoms with Gasteiger partial charge in [0.05, 0.1) is 6.42 Å². The van der Waals surface area contributed by atoms with E-state index in [0.717, 1.165) is 0 Å². The summed E-state index contributed by atoms with van der Waals surface area (Å²) >= 11 is 0. The van der Waals surface area contributed by atoms with Crippen molar-refractivity contribution in [1.82, 2.24) is 0 Å². The van der Waals surface area contributed by atoms with Gasteiger partial charge in [-0.05, 0) is 6.92 Å². The van der Waals surface area contributed by atoms with E-state index in [0.29, 0.717) is 0 Å². The van der Waals surface area contributed by atoms with Crippen LogP contribution in [-0.4, -0.2) is 11.8 Å². The van der Waals surface area contributed by atoms with Crippen molar-refractivity contribution in [3.05, 3.63) is 11.4 Å². The average Bonchev–Trinajstić information content (AvgIpc) is 1.82. The maximum atomic E-state index is 10.3. The Hall–Kier alpha value is -1.35. The van der Waals surface area contributed by atoms with Gasteiger partial charge < -0.3 is 0 Å². The Labute approximate surface area is 53.7 Å². The summed E-state index contributed by atoms with van der Waals surface area (Å²) in [6.07, 6.45) is 0.0556. The molecule has 46 valence electrons. The molecule has 0 aliphatic carbocycles. The van der Waals surface area contributed by atoms with E-state index in [2.05, 4.69) is 4.85 Å². The number of carbonyl (C=O) groups excluding carboxylic acids is 1. The molecule has 3 heteroatoms. The summed E-state index contributed by atoms with van der Waals surface area (Å²) in [4.78, 5) is 13.2. The van der Waals surface area contributed by atoms with Crippen LogP contribution in [0, 0.1) is 17.9 Å². The van der Waals surface area contributed by atoms with Crippen LogP contribution < -0.4 is 0 Å². The lowest BCUT2D eigenvalue weighted by Crippen LogP contribution is -2.03. The predicted octanol–water partition coefficient (Wildman–Crippen LogP) is 0.777. The van der Waals surface area contributed by atoms with Crippen LogP contribution in [0.4, 0.5) is 0 Å². The zero-order valence-electron chi connectivity index (χ0n) is 5.09. The zero-order valence-corrected chi connectivity index (χ0v) is 5.09. The van der Waals surface area contributed by atoms with Gasteiger partial charge in [0.15, 0.2) is 6.07 Å². The fraction of sp³-hybridized carbons (Fsp3) is 0.500. The lowest BCUT2D eigenvalue weighted by atomic mass is 10.2. The van der Waals surface area contributed by atoms with Crippen molar-refractivity contribution in [3.63, 3.8) is 0 Å². The molecule has 0 aromatic rings. The highest BCUT2D eigenvalue weighted by Gasteiger charge is 2.11. The fourth-order valence-electron chi connectivity index (χ4n) is 0.392. The van der Waals surface area contributed by atoms with Crippen LogP contribution in [0.2, 0.25) is 0 Å². The first-order chi connectivity index (χ1) is 4.20. The maximum Gasteiger partial charge on any atom is 0.314 e. The quantitative estimate of drug-likeness (QED) is 0.508. The Morgan fingerprint density at radius 2 is 2.56 bits per heavy atom. The Bertz CT molecular complexity index is 170. The molecule has 0 saturated heterocycles. The first kappa shape index (κ1) is 7.65. The second-order valence-corrected chi connectivity index (χ2v) is 1.68. The second-order valence-electron chi connectivity index (χ2n) is 1.68. The maximum absolute atomic E-state index is 10.3. The molecule has 0 radical (unpaired) electrons. The Morgan fingerprint density at radius 3 is 2.67 bits per heavy atom. The minimum absolute atomic E-state index is 0.0556. The molecule has 0 aliphatic rings. The molecule has 0 aliphatic heterocycles. The Balaban J connectivity index is 3.78. The van der Waals surface area contributed by atoms with E-state index < -0.39 is 6.04 Å². The van der Waals surface area contributed by atoms with Gasteiger partial charge in [-0.15, -0.1) is 0 Å². The molecule has 9 heavy (non-hydrogen) atoms. The van der Waals surface area contributed by atoms with E-state index in [-0.39, 0.29) is 12.2 Å². The van der Waals surface area contributed by atoms with Crippen LogP contribution in [0.1, 0.15) is 13.3 Å². The second kappa shape index (κ2) is 3.63. The highest BCUT2D eigenvalue weighted by atomic mass is 16.1. The molecule has 0 saturated carbocycles. The van der Waals surface area contributed by atoms with Crippen LogP contribution in [0.5, 0.6) is 0 Å². The fourth-order valence-corrected chi connectivity index (χ4v) is 0.392. The standard InChI is InChI=1S/C6H6N2O/c1-5(9)3-6(4-7)8-2/h6H,3H2,1H3. The summed E-state index contributed by atoms with van der Waals surface area (Å²) in [5.74, 6) is -0.113. The Kier molecular flexibility index (Phi) is 3.08. The van der Waals surface area contributed by atoms with Gasteiger partial charge in [0.2, 0.25) is 0 Å². The van der Waals surface area contributed by atoms with Crippen molar-refractivity contribution in [2.45, 2.75) is 19.4 Å². The molecule has 0 heterocycles. The summed E-state index contributed by atoms with van der Waals surface area (Å²) in [6.45, 7) is 7.77. The van der Waals surface area contributed by atoms with E-state index in [1.54, 1.807) is 6.07 Å². The summed E-state index contributed by atoms with van der Waals surface area (Å²) in [5, 5.41) is 8.16. The number of carbonyl (C=O) groups is 1. The number of ketones is 1. The largest absolute Gasteiger partial charge is 0.314 e. The number of nitrogens with zero attached hydrogens (tertiary/aromatic N) is 2. The molecule has 0 aromatic carbocycles. The molecule has 0 bridgehead atoms. The van der Waals surface area contributed by atoms with Crippen LogP contribution in [0.15, 0.2) is 0 Å². The first-order valence-electron chi connectivity index (χ1n) is 2.46. The zero-order chi connectivity index (χ0) is 7.28. The van der Waals surface area contributed by atoms with Gasteiger partial charge >= 0.3 is 6.04 Å². The van der Waals surface area contributed by atoms with Crippen molar-refractivity contribution in [2.24, 2.45) is 0 Å². The number of hydrogen-bond donors (Lipinski definition) is 0. The number of hydrogen-bond acceptors (Lipinski definition) is 2. The van der Waals surface area contributed by atoms with Crippen LogP contribution in [0.3, 0.4) is 0 Å². The SMILES string of the molecule is [C-]#[N+]C(C#N)CC(C)=O. The van der Waals surface area contributed by atoms with Gasteiger partial charge in [-0.2, -0.15) is 5.26 Å². The van der Waals surface area contributed by atoms with Crippen molar-refractivity contribution in [2.75, 3.05) is 0 Å². The number of nitriles is 1. The molecule has 0 fully saturated rings. The summed E-state index contributed by atoms with van der Waals surface area (Å²) in [5.41, 5.74) is 0. The average molecular weight is 122 g/mol. The topological polar surface area (TPSA) is 45.2 Å². The summed E-state index contributed by atoms with van der Waals surface area (Å²) in [7, 11) is 0. The highest BCUT2D eigenvalue weighted by Crippen LogP contribution is 1.95. The van der Waals surface area contributed by atoms with Crippen molar-refractivity contribution >= 4 is 5.78 Å². The Morgan fingerprint density at radius 1 is 2.00 bits per heavy atom. The highest BCUT2D eigenvalue weighted by molar-refractivity contribution is 5.76. The van der Waals surface area contributed by atoms with Gasteiger partial charge in [-0.3, -0.25) is 9.64 Å². The molecule has 1 unspecified atom stereocenters. The van der Waals surface area contributed by atoms with E-state index in [1.807, 2.05) is 0 Å². The van der Waals surface area contributed by atoms with E-state index in [9.17, 15) is 4.79 Å². The molecular formula is C6H6N2O. The van der Waals surface area contributed by atoms with Gasteiger partial charge in [-0.1, -0.05) is 0 Å². The number of Topliss-reactive ketones (excluding diaryl/α,β-unsaturated/α-hetero) is 1. The molecule has 0 amide bonds. The van der Waals surface area contributed by atoms with Gasteiger partial charge in [0, 0.05) is 0 Å². The molecule has 0 spiro atoms. The van der Waals surface area contributed by atoms with E-state index in [4.69, 9.17) is 11.8 Å². The normalized spacial score (nSPS) is 11.0. The summed E-state index contributed by atoms with van der Waals surface area (Å²) in [6, 6.07) is 0.933. The summed E-state index contributed by atoms with van der Waals surface area (Å²) < 4.78 is 0. The smallest absolute Gasteiger partial charge is 0.300 e. The van der Waals surface area contributed by atoms with E-state index in [1.165, 1.54) is 6.92 Å². The minimum Gasteiger partial charge on any atom is -0.300 e. The first-order valence-corrected chi connectivity index (χ1v) is 2.46. The molecule has 3 nitrogen and oxygen atoms in total. The lowest BCUT2D eigenvalue weighted by molar-refractivity contribution is -0.116. The third kappa shape index (κ3) is 3.25. The monoisotopic (exact) mass is 122 g/mol. The van der Waals surface area contributed by atoms with Crippen LogP contribution >= 0.6 is 0 Å². The van der Waals surface area contributed by atoms with Crippen LogP contribution in [0.25, 0.3) is 4.85 Å². The molecule has 0 aromatic heterocycles. The van der Waals surface area contributed by atoms with E-state index >= 15 is 0 Å². The van der Waals surface area contributed by atoms with Gasteiger partial charge in [-0.25, -0.2) is 6.57 Å². The van der Waals surface area contributed by atoms with Gasteiger partial charge in [0.1, 0.15) is 5.78 Å². The van der Waals surface area contributed by atoms with Crippen molar-refractivity contribution in [1.29, 1.82) is 5.26 Å². The van der Waals surface area contributed by atoms with Gasteiger partial charge in [0.25, 0.3) is 0 Å². The molecule has 1 atom stereocenters. The third-order valence-corrected chi connectivity index (χ3v) is 0.786. The third-order valence-electron chi connectivity index (χ3n) is 0.786.